The average molecular weight is 472 g/mol. The van der Waals surface area contributed by atoms with E-state index < -0.39 is 33.6 Å². The van der Waals surface area contributed by atoms with Crippen LogP contribution in [0.5, 0.6) is 0 Å². The van der Waals surface area contributed by atoms with Crippen molar-refractivity contribution in [2.24, 2.45) is 5.73 Å². The molecule has 0 atom stereocenters. The molecule has 0 aliphatic carbocycles. The van der Waals surface area contributed by atoms with Crippen LogP contribution in [-0.2, 0) is 14.5 Å². The van der Waals surface area contributed by atoms with Gasteiger partial charge in [0.1, 0.15) is 11.5 Å². The van der Waals surface area contributed by atoms with Crippen LogP contribution in [0.2, 0.25) is 0 Å². The smallest absolute Gasteiger partial charge is 0.334 e. The number of amides is 1. The van der Waals surface area contributed by atoms with Gasteiger partial charge in [0.25, 0.3) is 5.56 Å². The lowest BCUT2D eigenvalue weighted by atomic mass is 10.0. The molecule has 1 heterocycles. The molecule has 0 unspecified atom stereocenters. The van der Waals surface area contributed by atoms with Gasteiger partial charge in [-0.3, -0.25) is 9.52 Å². The van der Waals surface area contributed by atoms with Crippen LogP contribution in [0.4, 0.5) is 19.3 Å². The van der Waals surface area contributed by atoms with Crippen molar-refractivity contribution in [3.8, 4) is 16.9 Å². The lowest BCUT2D eigenvalue weighted by Gasteiger charge is -2.13. The summed E-state index contributed by atoms with van der Waals surface area (Å²) in [5.74, 6) is -1.81. The minimum absolute atomic E-state index is 0.00495. The van der Waals surface area contributed by atoms with Crippen molar-refractivity contribution in [3.63, 3.8) is 0 Å². The van der Waals surface area contributed by atoms with E-state index in [4.69, 9.17) is 5.73 Å². The highest BCUT2D eigenvalue weighted by molar-refractivity contribution is 7.88. The molecule has 0 radical (unpaired) electrons. The second-order valence-corrected chi connectivity index (χ2v) is 8.03. The molecule has 3 N–H and O–H groups in total. The Morgan fingerprint density at radius 3 is 2.42 bits per heavy atom. The van der Waals surface area contributed by atoms with Gasteiger partial charge in [-0.2, -0.15) is 18.2 Å². The fourth-order valence-corrected chi connectivity index (χ4v) is 3.90. The number of primary amides is 1. The molecule has 0 fully saturated rings. The Kier molecular flexibility index (Phi) is 5.52. The number of anilines is 1. The molecule has 12 heteroatoms. The maximum atomic E-state index is 14.4. The van der Waals surface area contributed by atoms with E-state index in [-0.39, 0.29) is 22.5 Å². The minimum atomic E-state index is -4.53. The van der Waals surface area contributed by atoms with Crippen molar-refractivity contribution in [2.45, 2.75) is 0 Å². The molecule has 1 aromatic heterocycles. The largest absolute Gasteiger partial charge is 0.421 e. The number of halogens is 2. The van der Waals surface area contributed by atoms with E-state index in [2.05, 4.69) is 9.28 Å². The van der Waals surface area contributed by atoms with Gasteiger partial charge in [0.05, 0.1) is 16.8 Å². The van der Waals surface area contributed by atoms with Gasteiger partial charge in [0.2, 0.25) is 0 Å². The van der Waals surface area contributed by atoms with Crippen LogP contribution in [0.25, 0.3) is 27.7 Å². The van der Waals surface area contributed by atoms with Gasteiger partial charge in [0.15, 0.2) is 5.82 Å². The standard InChI is InChI=1S/C21H14F2N4O5S/c22-13-8-9-18(17(23)11-13)27-20(28)16-7-2-1-6-15(16)19(25-27)12-4-3-5-14(10-12)26-33(30,31)32-21(24)29/h1-11,26H,(H2,24,29). The third-order valence-electron chi connectivity index (χ3n) is 4.51. The number of nitrogens with one attached hydrogen (secondary N) is 1. The summed E-state index contributed by atoms with van der Waals surface area (Å²) in [6, 6.07) is 15.0. The number of hydrogen-bond donors (Lipinski definition) is 2. The van der Waals surface area contributed by atoms with Crippen LogP contribution >= 0.6 is 0 Å². The van der Waals surface area contributed by atoms with Gasteiger partial charge in [-0.05, 0) is 30.3 Å². The zero-order chi connectivity index (χ0) is 23.8. The Hall–Kier alpha value is -4.32. The first-order valence-electron chi connectivity index (χ1n) is 9.24. The predicted octanol–water partition coefficient (Wildman–Crippen LogP) is 3.08. The summed E-state index contributed by atoms with van der Waals surface area (Å²) in [6.45, 7) is 0. The van der Waals surface area contributed by atoms with Crippen molar-refractivity contribution < 1.29 is 26.2 Å². The third kappa shape index (κ3) is 4.50. The number of hydrogen-bond acceptors (Lipinski definition) is 6. The van der Waals surface area contributed by atoms with Gasteiger partial charge in [0, 0.05) is 17.0 Å². The zero-order valence-electron chi connectivity index (χ0n) is 16.5. The molecule has 33 heavy (non-hydrogen) atoms. The second kappa shape index (κ2) is 8.31. The fourth-order valence-electron chi connectivity index (χ4n) is 3.22. The molecule has 0 saturated heterocycles. The first-order valence-corrected chi connectivity index (χ1v) is 10.6. The number of benzene rings is 3. The number of fused-ring (bicyclic) bond motifs is 1. The second-order valence-electron chi connectivity index (χ2n) is 6.75. The first-order chi connectivity index (χ1) is 15.6. The van der Waals surface area contributed by atoms with E-state index in [9.17, 15) is 26.8 Å². The molecule has 0 spiro atoms. The summed E-state index contributed by atoms with van der Waals surface area (Å²) >= 11 is 0. The van der Waals surface area contributed by atoms with Crippen LogP contribution in [0, 0.1) is 11.6 Å². The lowest BCUT2D eigenvalue weighted by molar-refractivity contribution is 0.213. The molecule has 1 amide bonds. The Morgan fingerprint density at radius 1 is 1.00 bits per heavy atom. The van der Waals surface area contributed by atoms with Crippen molar-refractivity contribution in [3.05, 3.63) is 88.7 Å². The number of rotatable bonds is 5. The summed E-state index contributed by atoms with van der Waals surface area (Å²) in [5.41, 5.74) is 4.42. The molecular weight excluding hydrogens is 458 g/mol. The Labute approximate surface area is 185 Å². The third-order valence-corrected chi connectivity index (χ3v) is 5.38. The number of carbonyl (C=O) groups excluding carboxylic acids is 1. The summed E-state index contributed by atoms with van der Waals surface area (Å²) in [6.07, 6.45) is -1.51. The van der Waals surface area contributed by atoms with Crippen molar-refractivity contribution >= 4 is 32.9 Å². The van der Waals surface area contributed by atoms with Gasteiger partial charge in [-0.25, -0.2) is 13.6 Å². The molecule has 0 aliphatic heterocycles. The molecule has 168 valence electrons. The van der Waals surface area contributed by atoms with Crippen molar-refractivity contribution in [1.82, 2.24) is 9.78 Å². The Balaban J connectivity index is 1.91. The number of nitrogens with two attached hydrogens (primary N) is 1. The lowest BCUT2D eigenvalue weighted by Crippen LogP contribution is -2.24. The highest BCUT2D eigenvalue weighted by atomic mass is 32.2. The molecule has 0 aliphatic rings. The average Bonchev–Trinajstić information content (AvgIpc) is 2.74. The predicted molar refractivity (Wildman–Crippen MR) is 116 cm³/mol. The van der Waals surface area contributed by atoms with Gasteiger partial charge in [-0.1, -0.05) is 30.3 Å². The minimum Gasteiger partial charge on any atom is -0.334 e. The quantitative estimate of drug-likeness (QED) is 0.459. The summed E-state index contributed by atoms with van der Waals surface area (Å²) in [7, 11) is -4.53. The van der Waals surface area contributed by atoms with Crippen LogP contribution in [0.1, 0.15) is 0 Å². The first kappa shape index (κ1) is 21.9. The van der Waals surface area contributed by atoms with Crippen molar-refractivity contribution in [2.75, 3.05) is 4.72 Å². The summed E-state index contributed by atoms with van der Waals surface area (Å²) in [4.78, 5) is 23.8. The van der Waals surface area contributed by atoms with E-state index in [0.29, 0.717) is 17.0 Å². The van der Waals surface area contributed by atoms with Gasteiger partial charge < -0.3 is 9.92 Å². The van der Waals surface area contributed by atoms with Crippen LogP contribution < -0.4 is 16.0 Å². The van der Waals surface area contributed by atoms with Crippen LogP contribution in [0.3, 0.4) is 0 Å². The van der Waals surface area contributed by atoms with Crippen molar-refractivity contribution in [1.29, 1.82) is 0 Å². The normalized spacial score (nSPS) is 11.3. The van der Waals surface area contributed by atoms with E-state index >= 15 is 0 Å². The topological polar surface area (TPSA) is 133 Å². The molecule has 0 saturated carbocycles. The molecule has 3 aromatic carbocycles. The summed E-state index contributed by atoms with van der Waals surface area (Å²) in [5, 5.41) is 4.89. The molecule has 0 bridgehead atoms. The summed E-state index contributed by atoms with van der Waals surface area (Å²) < 4.78 is 58.4. The zero-order valence-corrected chi connectivity index (χ0v) is 17.3. The van der Waals surface area contributed by atoms with Gasteiger partial charge in [-0.15, -0.1) is 0 Å². The SMILES string of the molecule is NC(=O)OS(=O)(=O)Nc1cccc(-c2nn(-c3ccc(F)cc3F)c(=O)c3ccccc23)c1. The van der Waals surface area contributed by atoms with E-state index in [1.165, 1.54) is 24.3 Å². The highest BCUT2D eigenvalue weighted by Gasteiger charge is 2.18. The van der Waals surface area contributed by atoms with Gasteiger partial charge >= 0.3 is 16.4 Å². The van der Waals surface area contributed by atoms with Crippen LogP contribution in [0.15, 0.2) is 71.5 Å². The van der Waals surface area contributed by atoms with E-state index in [0.717, 1.165) is 16.8 Å². The number of nitrogens with zero attached hydrogens (tertiary/aromatic N) is 2. The fraction of sp³-hybridized carbons (Fsp3) is 0. The Morgan fingerprint density at radius 2 is 1.73 bits per heavy atom. The van der Waals surface area contributed by atoms with E-state index in [1.54, 1.807) is 24.3 Å². The van der Waals surface area contributed by atoms with Crippen LogP contribution in [-0.4, -0.2) is 24.3 Å². The molecule has 9 nitrogen and oxygen atoms in total. The Bertz CT molecular complexity index is 1570. The monoisotopic (exact) mass is 472 g/mol. The molecule has 4 rings (SSSR count). The highest BCUT2D eigenvalue weighted by Crippen LogP contribution is 2.28. The molecule has 4 aromatic rings. The number of aromatic nitrogens is 2. The number of carbonyl (C=O) groups is 1. The molecular formula is C21H14F2N4O5S. The van der Waals surface area contributed by atoms with E-state index in [1.807, 2.05) is 4.72 Å². The maximum Gasteiger partial charge on any atom is 0.421 e. The maximum absolute atomic E-state index is 14.4.